The van der Waals surface area contributed by atoms with Gasteiger partial charge in [-0.1, -0.05) is 0 Å². The van der Waals surface area contributed by atoms with Crippen LogP contribution in [0.1, 0.15) is 40.9 Å². The molecule has 0 aliphatic carbocycles. The molecule has 1 N–H and O–H groups in total. The summed E-state index contributed by atoms with van der Waals surface area (Å²) in [5, 5.41) is 9.39. The molecule has 1 aliphatic heterocycles. The third-order valence-electron chi connectivity index (χ3n) is 2.66. The average molecular weight is 241 g/mol. The van der Waals surface area contributed by atoms with Crippen molar-refractivity contribution in [2.24, 2.45) is 0 Å². The summed E-state index contributed by atoms with van der Waals surface area (Å²) in [6.07, 6.45) is 3.36. The zero-order chi connectivity index (χ0) is 11.5. The number of carboxylic acid groups (broad SMARTS) is 1. The molecular formula is C11H15NO3S. The summed E-state index contributed by atoms with van der Waals surface area (Å²) in [5.74, 6) is -0.829. The molecule has 2 rings (SSSR count). The third-order valence-corrected chi connectivity index (χ3v) is 3.65. The second-order valence-electron chi connectivity index (χ2n) is 3.97. The highest BCUT2D eigenvalue weighted by Gasteiger charge is 2.22. The second-order valence-corrected chi connectivity index (χ2v) is 5.26. The largest absolute Gasteiger partial charge is 0.481 e. The molecule has 4 nitrogen and oxygen atoms in total. The van der Waals surface area contributed by atoms with Crippen molar-refractivity contribution < 1.29 is 14.6 Å². The Hall–Kier alpha value is -0.940. The first-order valence-electron chi connectivity index (χ1n) is 5.46. The molecule has 1 aromatic heterocycles. The highest BCUT2D eigenvalue weighted by molar-refractivity contribution is 7.11. The Kier molecular flexibility index (Phi) is 3.56. The van der Waals surface area contributed by atoms with Gasteiger partial charge in [-0.05, 0) is 26.2 Å². The summed E-state index contributed by atoms with van der Waals surface area (Å²) in [4.78, 5) is 16.1. The molecule has 0 bridgehead atoms. The predicted molar refractivity (Wildman–Crippen MR) is 60.7 cm³/mol. The van der Waals surface area contributed by atoms with Crippen molar-refractivity contribution in [1.29, 1.82) is 0 Å². The SMILES string of the molecule is Cc1sc(CC(=O)O)nc1C1CCCCO1. The van der Waals surface area contributed by atoms with E-state index in [0.29, 0.717) is 5.01 Å². The van der Waals surface area contributed by atoms with Gasteiger partial charge in [-0.3, -0.25) is 4.79 Å². The van der Waals surface area contributed by atoms with Crippen LogP contribution in [-0.4, -0.2) is 22.7 Å². The number of carboxylic acids is 1. The van der Waals surface area contributed by atoms with Gasteiger partial charge >= 0.3 is 5.97 Å². The Labute approximate surface area is 98.3 Å². The maximum Gasteiger partial charge on any atom is 0.310 e. The summed E-state index contributed by atoms with van der Waals surface area (Å²) in [6, 6.07) is 0. The van der Waals surface area contributed by atoms with Crippen LogP contribution in [0.2, 0.25) is 0 Å². The zero-order valence-electron chi connectivity index (χ0n) is 9.23. The van der Waals surface area contributed by atoms with Crippen molar-refractivity contribution in [2.45, 2.75) is 38.7 Å². The van der Waals surface area contributed by atoms with Crippen molar-refractivity contribution in [3.63, 3.8) is 0 Å². The summed E-state index contributed by atoms with van der Waals surface area (Å²) >= 11 is 1.46. The summed E-state index contributed by atoms with van der Waals surface area (Å²) in [6.45, 7) is 2.77. The van der Waals surface area contributed by atoms with E-state index in [-0.39, 0.29) is 12.5 Å². The van der Waals surface area contributed by atoms with Crippen molar-refractivity contribution >= 4 is 17.3 Å². The van der Waals surface area contributed by atoms with Crippen molar-refractivity contribution in [3.8, 4) is 0 Å². The number of hydrogen-bond acceptors (Lipinski definition) is 4. The molecule has 16 heavy (non-hydrogen) atoms. The van der Waals surface area contributed by atoms with Crippen LogP contribution in [0.25, 0.3) is 0 Å². The first-order valence-corrected chi connectivity index (χ1v) is 6.28. The molecule has 0 radical (unpaired) electrons. The molecule has 0 spiro atoms. The first-order chi connectivity index (χ1) is 7.66. The number of aromatic nitrogens is 1. The van der Waals surface area contributed by atoms with E-state index in [9.17, 15) is 4.79 Å². The smallest absolute Gasteiger partial charge is 0.310 e. The quantitative estimate of drug-likeness (QED) is 0.882. The molecule has 1 aliphatic rings. The van der Waals surface area contributed by atoms with Crippen LogP contribution in [0.5, 0.6) is 0 Å². The average Bonchev–Trinajstić information content (AvgIpc) is 2.60. The highest BCUT2D eigenvalue weighted by atomic mass is 32.1. The normalized spacial score (nSPS) is 20.9. The first kappa shape index (κ1) is 11.5. The lowest BCUT2D eigenvalue weighted by atomic mass is 10.1. The van der Waals surface area contributed by atoms with Gasteiger partial charge in [0, 0.05) is 11.5 Å². The van der Waals surface area contributed by atoms with Gasteiger partial charge in [-0.25, -0.2) is 4.98 Å². The fourth-order valence-corrected chi connectivity index (χ4v) is 2.90. The van der Waals surface area contributed by atoms with Gasteiger partial charge in [-0.2, -0.15) is 0 Å². The minimum Gasteiger partial charge on any atom is -0.481 e. The van der Waals surface area contributed by atoms with Gasteiger partial charge in [0.15, 0.2) is 0 Å². The molecule has 1 unspecified atom stereocenters. The molecule has 1 fully saturated rings. The molecule has 1 aromatic rings. The molecule has 0 amide bonds. The number of nitrogens with zero attached hydrogens (tertiary/aromatic N) is 1. The van der Waals surface area contributed by atoms with E-state index in [1.165, 1.54) is 11.3 Å². The standard InChI is InChI=1S/C11H15NO3S/c1-7-11(8-4-2-3-5-15-8)12-9(16-7)6-10(13)14/h8H,2-6H2,1H3,(H,13,14). The molecule has 5 heteroatoms. The molecule has 2 heterocycles. The van der Waals surface area contributed by atoms with Gasteiger partial charge in [0.25, 0.3) is 0 Å². The monoisotopic (exact) mass is 241 g/mol. The Bertz CT molecular complexity index is 383. The molecule has 0 aromatic carbocycles. The van der Waals surface area contributed by atoms with E-state index in [1.807, 2.05) is 6.92 Å². The fraction of sp³-hybridized carbons (Fsp3) is 0.636. The Morgan fingerprint density at radius 1 is 1.62 bits per heavy atom. The van der Waals surface area contributed by atoms with Crippen LogP contribution in [0.15, 0.2) is 0 Å². The van der Waals surface area contributed by atoms with Crippen molar-refractivity contribution in [1.82, 2.24) is 4.98 Å². The second kappa shape index (κ2) is 4.93. The number of ether oxygens (including phenoxy) is 1. The van der Waals surface area contributed by atoms with Gasteiger partial charge < -0.3 is 9.84 Å². The molecular weight excluding hydrogens is 226 g/mol. The molecule has 0 saturated carbocycles. The van der Waals surface area contributed by atoms with E-state index in [4.69, 9.17) is 9.84 Å². The number of aryl methyl sites for hydroxylation is 1. The van der Waals surface area contributed by atoms with Gasteiger partial charge in [0.2, 0.25) is 0 Å². The van der Waals surface area contributed by atoms with Gasteiger partial charge in [0.1, 0.15) is 11.1 Å². The van der Waals surface area contributed by atoms with E-state index >= 15 is 0 Å². The topological polar surface area (TPSA) is 59.4 Å². The number of rotatable bonds is 3. The van der Waals surface area contributed by atoms with Crippen LogP contribution in [0, 0.1) is 6.92 Å². The maximum atomic E-state index is 10.6. The molecule has 88 valence electrons. The van der Waals surface area contributed by atoms with E-state index < -0.39 is 5.97 Å². The number of hydrogen-bond donors (Lipinski definition) is 1. The summed E-state index contributed by atoms with van der Waals surface area (Å²) in [7, 11) is 0. The Morgan fingerprint density at radius 3 is 3.06 bits per heavy atom. The van der Waals surface area contributed by atoms with Crippen molar-refractivity contribution in [3.05, 3.63) is 15.6 Å². The van der Waals surface area contributed by atoms with Crippen LogP contribution >= 0.6 is 11.3 Å². The van der Waals surface area contributed by atoms with Crippen LogP contribution in [0.3, 0.4) is 0 Å². The van der Waals surface area contributed by atoms with Crippen LogP contribution in [0.4, 0.5) is 0 Å². The minimum absolute atomic E-state index is 0.0121. The Balaban J connectivity index is 2.13. The predicted octanol–water partition coefficient (Wildman–Crippen LogP) is 2.32. The van der Waals surface area contributed by atoms with Crippen molar-refractivity contribution in [2.75, 3.05) is 6.61 Å². The summed E-state index contributed by atoms with van der Waals surface area (Å²) < 4.78 is 5.66. The lowest BCUT2D eigenvalue weighted by molar-refractivity contribution is -0.136. The Morgan fingerprint density at radius 2 is 2.44 bits per heavy atom. The van der Waals surface area contributed by atoms with E-state index in [2.05, 4.69) is 4.98 Å². The van der Waals surface area contributed by atoms with Gasteiger partial charge in [0.05, 0.1) is 12.1 Å². The lowest BCUT2D eigenvalue weighted by Gasteiger charge is -2.21. The van der Waals surface area contributed by atoms with E-state index in [0.717, 1.165) is 36.4 Å². The fourth-order valence-electron chi connectivity index (χ4n) is 1.92. The summed E-state index contributed by atoms with van der Waals surface area (Å²) in [5.41, 5.74) is 0.945. The minimum atomic E-state index is -0.829. The molecule has 1 atom stereocenters. The van der Waals surface area contributed by atoms with Crippen LogP contribution < -0.4 is 0 Å². The maximum absolute atomic E-state index is 10.6. The number of carbonyl (C=O) groups is 1. The zero-order valence-corrected chi connectivity index (χ0v) is 10.0. The van der Waals surface area contributed by atoms with E-state index in [1.54, 1.807) is 0 Å². The highest BCUT2D eigenvalue weighted by Crippen LogP contribution is 2.32. The third kappa shape index (κ3) is 2.59. The van der Waals surface area contributed by atoms with Gasteiger partial charge in [-0.15, -0.1) is 11.3 Å². The number of thiazole rings is 1. The lowest BCUT2D eigenvalue weighted by Crippen LogP contribution is -2.12. The molecule has 1 saturated heterocycles. The van der Waals surface area contributed by atoms with Crippen LogP contribution in [-0.2, 0) is 16.0 Å². The number of aliphatic carboxylic acids is 1.